The fraction of sp³-hybridized carbons (Fsp3) is 0.500. The van der Waals surface area contributed by atoms with Crippen molar-refractivity contribution in [1.29, 1.82) is 0 Å². The molecule has 0 aromatic rings. The van der Waals surface area contributed by atoms with Crippen molar-refractivity contribution in [3.8, 4) is 0 Å². The van der Waals surface area contributed by atoms with Gasteiger partial charge in [0.2, 0.25) is 0 Å². The minimum atomic E-state index is 0. The summed E-state index contributed by atoms with van der Waals surface area (Å²) >= 11 is 0. The molecule has 0 N–H and O–H groups in total. The van der Waals surface area contributed by atoms with Crippen LogP contribution in [0.25, 0.3) is 0 Å². The summed E-state index contributed by atoms with van der Waals surface area (Å²) in [6.07, 6.45) is 25.0. The smallest absolute Gasteiger partial charge is 0.382 e. The van der Waals surface area contributed by atoms with Crippen LogP contribution in [0.15, 0.2) is 10.2 Å². The molecule has 2 aliphatic heterocycles. The number of nitrogens with zero attached hydrogens (tertiary/aromatic N) is 4. The van der Waals surface area contributed by atoms with Crippen molar-refractivity contribution in [2.45, 2.75) is 37.8 Å². The Morgan fingerprint density at radius 1 is 0.774 bits per heavy atom. The van der Waals surface area contributed by atoms with Crippen molar-refractivity contribution < 1.29 is 26.5 Å². The second-order valence-electron chi connectivity index (χ2n) is 7.75. The molecule has 2 heterocycles. The summed E-state index contributed by atoms with van der Waals surface area (Å²) in [5.41, 5.74) is 0. The van der Waals surface area contributed by atoms with Gasteiger partial charge in [0.05, 0.1) is 25.3 Å². The van der Waals surface area contributed by atoms with E-state index in [9.17, 15) is 0 Å². The molecule has 4 rings (SSSR count). The number of hydrogen-bond acceptors (Lipinski definition) is 6. The molecule has 168 valence electrons. The van der Waals surface area contributed by atoms with Gasteiger partial charge < -0.3 is 9.47 Å². The van der Waals surface area contributed by atoms with Crippen LogP contribution in [-0.4, -0.2) is 75.1 Å². The predicted molar refractivity (Wildman–Crippen MR) is 121 cm³/mol. The van der Waals surface area contributed by atoms with Gasteiger partial charge in [0, 0.05) is 51.6 Å². The van der Waals surface area contributed by atoms with Gasteiger partial charge in [0.1, 0.15) is 0 Å². The predicted octanol–water partition coefficient (Wildman–Crippen LogP) is 2.97. The van der Waals surface area contributed by atoms with E-state index in [-0.39, 0.29) is 17.1 Å². The van der Waals surface area contributed by atoms with Gasteiger partial charge in [-0.25, -0.2) is 0 Å². The van der Waals surface area contributed by atoms with Gasteiger partial charge in [-0.05, 0) is 77.0 Å². The van der Waals surface area contributed by atoms with Crippen LogP contribution < -0.4 is 0 Å². The van der Waals surface area contributed by atoms with Crippen LogP contribution in [0, 0.1) is 63.2 Å². The van der Waals surface area contributed by atoms with Crippen molar-refractivity contribution in [3.05, 3.63) is 63.2 Å². The molecule has 6 nitrogen and oxygen atoms in total. The molecule has 7 heteroatoms. The molecule has 0 spiro atoms. The average molecular weight is 466 g/mol. The Labute approximate surface area is 200 Å². The van der Waals surface area contributed by atoms with Crippen molar-refractivity contribution in [1.82, 2.24) is 10.0 Å². The van der Waals surface area contributed by atoms with Crippen molar-refractivity contribution in [2.75, 3.05) is 40.5 Å². The summed E-state index contributed by atoms with van der Waals surface area (Å²) < 4.78 is 10.4. The molecule has 2 saturated carbocycles. The van der Waals surface area contributed by atoms with Crippen LogP contribution >= 0.6 is 0 Å². The molecule has 0 amide bonds. The van der Waals surface area contributed by atoms with Crippen LogP contribution in [0.2, 0.25) is 0 Å². The van der Waals surface area contributed by atoms with E-state index in [0.29, 0.717) is 12.1 Å². The SMILES string of the molecule is COC[C@@H]1CCCN1/N=C/[C]1[CH][CH][CH][CH]1.COC[C@@H]1CCCN1/N=C/[C]1[CH][CH][CH][CH]1.[Fe+2]. The van der Waals surface area contributed by atoms with Crippen molar-refractivity contribution in [3.63, 3.8) is 0 Å². The molecule has 2 aliphatic carbocycles. The first kappa shape index (κ1) is 26.6. The quantitative estimate of drug-likeness (QED) is 0.408. The molecule has 10 radical (unpaired) electrons. The van der Waals surface area contributed by atoms with E-state index >= 15 is 0 Å². The maximum atomic E-state index is 5.18. The van der Waals surface area contributed by atoms with Crippen molar-refractivity contribution in [2.24, 2.45) is 10.2 Å². The molecule has 4 aliphatic rings. The molecule has 0 aromatic heterocycles. The molecule has 31 heavy (non-hydrogen) atoms. The van der Waals surface area contributed by atoms with Crippen molar-refractivity contribution >= 4 is 12.4 Å². The third kappa shape index (κ3) is 9.03. The number of methoxy groups -OCH3 is 2. The van der Waals surface area contributed by atoms with Gasteiger partial charge in [-0.2, -0.15) is 10.2 Å². The van der Waals surface area contributed by atoms with E-state index in [4.69, 9.17) is 9.47 Å². The Hall–Kier alpha value is -0.621. The van der Waals surface area contributed by atoms with Gasteiger partial charge in [0.25, 0.3) is 0 Å². The first-order valence-electron chi connectivity index (χ1n) is 10.8. The Bertz CT molecular complexity index is 476. The maximum absolute atomic E-state index is 5.18. The van der Waals surface area contributed by atoms with Gasteiger partial charge in [-0.3, -0.25) is 10.0 Å². The summed E-state index contributed by atoms with van der Waals surface area (Å²) in [6, 6.07) is 0.919. The van der Waals surface area contributed by atoms with Gasteiger partial charge >= 0.3 is 17.1 Å². The second-order valence-corrected chi connectivity index (χ2v) is 7.75. The first-order chi connectivity index (χ1) is 14.8. The zero-order valence-electron chi connectivity index (χ0n) is 18.5. The topological polar surface area (TPSA) is 49.7 Å². The van der Waals surface area contributed by atoms with Crippen LogP contribution in [0.1, 0.15) is 25.7 Å². The molecule has 0 unspecified atom stereocenters. The van der Waals surface area contributed by atoms with E-state index in [2.05, 4.69) is 45.9 Å². The molecule has 2 saturated heterocycles. The largest absolute Gasteiger partial charge is 2.00 e. The molecule has 0 bridgehead atoms. The zero-order valence-corrected chi connectivity index (χ0v) is 19.6. The van der Waals surface area contributed by atoms with Gasteiger partial charge in [-0.15, -0.1) is 0 Å². The Morgan fingerprint density at radius 3 is 1.52 bits per heavy atom. The third-order valence-electron chi connectivity index (χ3n) is 5.50. The molecule has 4 fully saturated rings. The van der Waals surface area contributed by atoms with E-state index in [1.807, 2.05) is 38.1 Å². The minimum Gasteiger partial charge on any atom is -0.382 e. The van der Waals surface area contributed by atoms with Crippen LogP contribution in [-0.2, 0) is 26.5 Å². The number of ether oxygens (including phenoxy) is 2. The summed E-state index contributed by atoms with van der Waals surface area (Å²) in [5, 5.41) is 13.3. The third-order valence-corrected chi connectivity index (χ3v) is 5.50. The number of rotatable bonds is 8. The Balaban J connectivity index is 0.000000213. The number of hydrogen-bond donors (Lipinski definition) is 0. The number of hydrazone groups is 2. The Kier molecular flexibility index (Phi) is 13.1. The van der Waals surface area contributed by atoms with Gasteiger partial charge in [0.15, 0.2) is 0 Å². The zero-order chi connectivity index (χ0) is 21.0. The normalized spacial score (nSPS) is 27.4. The first-order valence-corrected chi connectivity index (χ1v) is 10.8. The van der Waals surface area contributed by atoms with Crippen LogP contribution in [0.5, 0.6) is 0 Å². The standard InChI is InChI=1S/2C12H17N2O.Fe/c2*1-15-10-12-7-4-8-14(12)13-9-11-5-2-3-6-11;/h2*2-3,5-6,9,12H,4,7-8,10H2,1H3;/q;;+2/b2*13-9+;/t2*12-;/m00./s1. The van der Waals surface area contributed by atoms with Crippen LogP contribution in [0.3, 0.4) is 0 Å². The fourth-order valence-electron chi connectivity index (χ4n) is 3.90. The second kappa shape index (κ2) is 15.3. The minimum absolute atomic E-state index is 0. The van der Waals surface area contributed by atoms with E-state index < -0.39 is 0 Å². The fourth-order valence-corrected chi connectivity index (χ4v) is 3.90. The summed E-state index contributed by atoms with van der Waals surface area (Å²) in [7, 11) is 3.49. The molecular formula is C24H34FeN4O2+2. The maximum Gasteiger partial charge on any atom is 2.00 e. The average Bonchev–Trinajstić information content (AvgIpc) is 3.54. The Morgan fingerprint density at radius 2 is 1.16 bits per heavy atom. The van der Waals surface area contributed by atoms with E-state index in [1.165, 1.54) is 25.7 Å². The van der Waals surface area contributed by atoms with E-state index in [1.54, 1.807) is 14.2 Å². The van der Waals surface area contributed by atoms with E-state index in [0.717, 1.165) is 38.1 Å². The molecule has 0 aromatic carbocycles. The monoisotopic (exact) mass is 466 g/mol. The molecule has 2 atom stereocenters. The van der Waals surface area contributed by atoms with Crippen LogP contribution in [0.4, 0.5) is 0 Å². The molecular weight excluding hydrogens is 432 g/mol. The summed E-state index contributed by atoms with van der Waals surface area (Å²) in [5.74, 6) is 2.33. The summed E-state index contributed by atoms with van der Waals surface area (Å²) in [4.78, 5) is 0. The van der Waals surface area contributed by atoms with Gasteiger partial charge in [-0.1, -0.05) is 0 Å². The summed E-state index contributed by atoms with van der Waals surface area (Å²) in [6.45, 7) is 3.65.